The number of aryl methyl sites for hydroxylation is 3. The van der Waals surface area contributed by atoms with E-state index in [-0.39, 0.29) is 23.6 Å². The Balaban J connectivity index is 1.51. The van der Waals surface area contributed by atoms with E-state index in [9.17, 15) is 13.2 Å². The zero-order chi connectivity index (χ0) is 24.2. The smallest absolute Gasteiger partial charge is 0.411 e. The summed E-state index contributed by atoms with van der Waals surface area (Å²) >= 11 is 0. The molecule has 2 aliphatic heterocycles. The van der Waals surface area contributed by atoms with Crippen molar-refractivity contribution in [2.24, 2.45) is 0 Å². The van der Waals surface area contributed by atoms with Gasteiger partial charge in [-0.15, -0.1) is 0 Å². The number of rotatable bonds is 4. The Morgan fingerprint density at radius 3 is 2.32 bits per heavy atom. The molecule has 0 aliphatic carbocycles. The first-order valence-corrected chi connectivity index (χ1v) is 12.8. The number of fused-ring (bicyclic) bond motifs is 1. The van der Waals surface area contributed by atoms with E-state index in [2.05, 4.69) is 18.2 Å². The lowest BCUT2D eigenvalue weighted by Gasteiger charge is -2.23. The van der Waals surface area contributed by atoms with Crippen LogP contribution >= 0.6 is 0 Å². The second-order valence-electron chi connectivity index (χ2n) is 9.30. The summed E-state index contributed by atoms with van der Waals surface area (Å²) in [6, 6.07) is 18.7. The van der Waals surface area contributed by atoms with Gasteiger partial charge in [0.05, 0.1) is 22.4 Å². The number of hydrogen-bond donors (Lipinski definition) is 0. The Kier molecular flexibility index (Phi) is 5.36. The Labute approximate surface area is 200 Å². The van der Waals surface area contributed by atoms with Crippen LogP contribution in [0, 0.1) is 20.8 Å². The Morgan fingerprint density at radius 1 is 0.912 bits per heavy atom. The van der Waals surface area contributed by atoms with E-state index in [1.807, 2.05) is 58.0 Å². The number of hydrogen-bond acceptors (Lipinski definition) is 4. The standard InChI is InChI=1S/C28H27NO4S/c1-17-9-10-24(26-15-21-7-5-6-8-25(21)34(26,31)32)23(12-17)16-29-20(4)27(33-28(29)30)22-13-18(2)11-19(3)14-22/h5-15,20,27H,16H2,1-4H3/t20-,27-/m0/s1. The van der Waals surface area contributed by atoms with Crippen LogP contribution in [0.25, 0.3) is 11.0 Å². The predicted molar refractivity (Wildman–Crippen MR) is 133 cm³/mol. The van der Waals surface area contributed by atoms with Gasteiger partial charge in [0.1, 0.15) is 6.10 Å². The number of carbonyl (C=O) groups excluding carboxylic acids is 1. The van der Waals surface area contributed by atoms with Crippen LogP contribution in [0.2, 0.25) is 0 Å². The van der Waals surface area contributed by atoms with E-state index < -0.39 is 15.9 Å². The summed E-state index contributed by atoms with van der Waals surface area (Å²) in [5.41, 5.74) is 6.31. The van der Waals surface area contributed by atoms with Crippen molar-refractivity contribution < 1.29 is 17.9 Å². The van der Waals surface area contributed by atoms with E-state index >= 15 is 0 Å². The minimum absolute atomic E-state index is 0.201. The van der Waals surface area contributed by atoms with Crippen LogP contribution in [0.5, 0.6) is 0 Å². The molecule has 1 amide bonds. The molecule has 0 unspecified atom stereocenters. The molecule has 5 nitrogen and oxygen atoms in total. The summed E-state index contributed by atoms with van der Waals surface area (Å²) in [7, 11) is -3.63. The number of sulfone groups is 1. The van der Waals surface area contributed by atoms with E-state index in [0.717, 1.165) is 27.8 Å². The highest BCUT2D eigenvalue weighted by Gasteiger charge is 2.40. The van der Waals surface area contributed by atoms with Crippen LogP contribution in [-0.4, -0.2) is 25.5 Å². The highest BCUT2D eigenvalue weighted by molar-refractivity contribution is 8.01. The second kappa shape index (κ2) is 8.13. The highest BCUT2D eigenvalue weighted by atomic mass is 32.2. The normalized spacial score (nSPS) is 20.8. The first-order valence-electron chi connectivity index (χ1n) is 11.4. The number of amides is 1. The average molecular weight is 474 g/mol. The molecule has 2 atom stereocenters. The molecule has 6 heteroatoms. The molecule has 3 aromatic rings. The van der Waals surface area contributed by atoms with Gasteiger partial charge in [-0.05, 0) is 62.1 Å². The van der Waals surface area contributed by atoms with Gasteiger partial charge in [0.15, 0.2) is 0 Å². The lowest BCUT2D eigenvalue weighted by Crippen LogP contribution is -2.31. The summed E-state index contributed by atoms with van der Waals surface area (Å²) in [4.78, 5) is 15.2. The zero-order valence-corrected chi connectivity index (χ0v) is 20.5. The molecule has 0 spiro atoms. The van der Waals surface area contributed by atoms with Crippen LogP contribution in [0.4, 0.5) is 4.79 Å². The molecular weight excluding hydrogens is 446 g/mol. The number of nitrogens with zero attached hydrogens (tertiary/aromatic N) is 1. The fourth-order valence-corrected chi connectivity index (χ4v) is 6.72. The maximum absolute atomic E-state index is 13.3. The largest absolute Gasteiger partial charge is 0.439 e. The van der Waals surface area contributed by atoms with Crippen molar-refractivity contribution in [3.8, 4) is 0 Å². The van der Waals surface area contributed by atoms with Gasteiger partial charge in [-0.1, -0.05) is 71.3 Å². The van der Waals surface area contributed by atoms with Gasteiger partial charge in [0.25, 0.3) is 0 Å². The van der Waals surface area contributed by atoms with Gasteiger partial charge in [-0.2, -0.15) is 0 Å². The van der Waals surface area contributed by atoms with E-state index in [0.29, 0.717) is 16.0 Å². The Morgan fingerprint density at radius 2 is 1.62 bits per heavy atom. The third-order valence-corrected chi connectivity index (χ3v) is 8.48. The van der Waals surface area contributed by atoms with Crippen molar-refractivity contribution in [3.63, 3.8) is 0 Å². The van der Waals surface area contributed by atoms with E-state index in [4.69, 9.17) is 4.74 Å². The molecule has 0 N–H and O–H groups in total. The summed E-state index contributed by atoms with van der Waals surface area (Å²) in [5, 5.41) is 0. The lowest BCUT2D eigenvalue weighted by molar-refractivity contribution is 0.130. The second-order valence-corrected chi connectivity index (χ2v) is 11.2. The fourth-order valence-electron chi connectivity index (χ4n) is 5.02. The average Bonchev–Trinajstić information content (AvgIpc) is 3.21. The molecule has 1 fully saturated rings. The monoisotopic (exact) mass is 473 g/mol. The van der Waals surface area contributed by atoms with Gasteiger partial charge >= 0.3 is 6.09 Å². The van der Waals surface area contributed by atoms with Crippen molar-refractivity contribution in [1.29, 1.82) is 0 Å². The SMILES string of the molecule is Cc1cc(C)cc([C@H]2OC(=O)N(Cc3cc(C)ccc3C3=Cc4ccccc4S3(=O)=O)[C@H]2C)c1. The third kappa shape index (κ3) is 3.72. The molecule has 34 heavy (non-hydrogen) atoms. The van der Waals surface area contributed by atoms with Crippen molar-refractivity contribution in [3.05, 3.63) is 99.6 Å². The minimum atomic E-state index is -3.63. The van der Waals surface area contributed by atoms with Crippen molar-refractivity contribution in [1.82, 2.24) is 4.90 Å². The minimum Gasteiger partial charge on any atom is -0.439 e. The summed E-state index contributed by atoms with van der Waals surface area (Å²) in [6.07, 6.45) is 0.955. The molecular formula is C28H27NO4S. The zero-order valence-electron chi connectivity index (χ0n) is 19.7. The van der Waals surface area contributed by atoms with Crippen molar-refractivity contribution in [2.75, 3.05) is 0 Å². The van der Waals surface area contributed by atoms with Crippen LogP contribution in [0.3, 0.4) is 0 Å². The topological polar surface area (TPSA) is 63.7 Å². The summed E-state index contributed by atoms with van der Waals surface area (Å²) < 4.78 is 32.4. The number of ether oxygens (including phenoxy) is 1. The van der Waals surface area contributed by atoms with Crippen molar-refractivity contribution >= 4 is 26.9 Å². The highest BCUT2D eigenvalue weighted by Crippen LogP contribution is 2.41. The maximum atomic E-state index is 13.3. The molecule has 5 rings (SSSR count). The molecule has 0 saturated carbocycles. The molecule has 0 bridgehead atoms. The third-order valence-electron chi connectivity index (χ3n) is 6.62. The van der Waals surface area contributed by atoms with Crippen molar-refractivity contribution in [2.45, 2.75) is 51.3 Å². The molecule has 0 aromatic heterocycles. The van der Waals surface area contributed by atoms with Gasteiger partial charge < -0.3 is 4.74 Å². The first-order chi connectivity index (χ1) is 16.1. The molecule has 0 radical (unpaired) electrons. The van der Waals surface area contributed by atoms with E-state index in [1.54, 1.807) is 23.1 Å². The predicted octanol–water partition coefficient (Wildman–Crippen LogP) is 5.98. The molecule has 1 saturated heterocycles. The first kappa shape index (κ1) is 22.4. The summed E-state index contributed by atoms with van der Waals surface area (Å²) in [5.74, 6) is 0. The maximum Gasteiger partial charge on any atom is 0.411 e. The molecule has 2 heterocycles. The summed E-state index contributed by atoms with van der Waals surface area (Å²) in [6.45, 7) is 8.26. The Hall–Kier alpha value is -3.38. The van der Waals surface area contributed by atoms with Crippen LogP contribution in [0.1, 0.15) is 52.0 Å². The van der Waals surface area contributed by atoms with E-state index in [1.165, 1.54) is 0 Å². The molecule has 3 aromatic carbocycles. The lowest BCUT2D eigenvalue weighted by atomic mass is 9.98. The number of cyclic esters (lactones) is 1. The van der Waals surface area contributed by atoms with Crippen LogP contribution in [-0.2, 0) is 21.1 Å². The number of carbonyl (C=O) groups is 1. The number of benzene rings is 3. The van der Waals surface area contributed by atoms with Crippen LogP contribution < -0.4 is 0 Å². The van der Waals surface area contributed by atoms with Gasteiger partial charge in [-0.3, -0.25) is 4.90 Å². The quantitative estimate of drug-likeness (QED) is 0.468. The fraction of sp³-hybridized carbons (Fsp3) is 0.250. The molecule has 174 valence electrons. The van der Waals surface area contributed by atoms with Gasteiger partial charge in [0, 0.05) is 0 Å². The molecule has 2 aliphatic rings. The van der Waals surface area contributed by atoms with Gasteiger partial charge in [-0.25, -0.2) is 13.2 Å². The van der Waals surface area contributed by atoms with Gasteiger partial charge in [0.2, 0.25) is 9.84 Å². The van der Waals surface area contributed by atoms with Crippen LogP contribution in [0.15, 0.2) is 65.6 Å². The Bertz CT molecular complexity index is 1430.